The third-order valence-corrected chi connectivity index (χ3v) is 3.92. The topological polar surface area (TPSA) is 59.1 Å². The Bertz CT molecular complexity index is 868. The van der Waals surface area contributed by atoms with Crippen molar-refractivity contribution in [3.63, 3.8) is 0 Å². The standard InChI is InChI=1S/C20H21FN4O/c1-3-16-6-4-5-7-18(16)24-25-19-17(21)12-22-20(23-19)26-13-15-10-8-14(2)9-11-15/h4-12,24H,3,13H2,1-2H3,(H,22,23,25). The Hall–Kier alpha value is -3.15. The fourth-order valence-electron chi connectivity index (χ4n) is 2.42. The third-order valence-electron chi connectivity index (χ3n) is 3.92. The highest BCUT2D eigenvalue weighted by molar-refractivity contribution is 5.55. The molecule has 0 radical (unpaired) electrons. The van der Waals surface area contributed by atoms with Crippen LogP contribution in [-0.4, -0.2) is 9.97 Å². The van der Waals surface area contributed by atoms with Crippen molar-refractivity contribution < 1.29 is 9.13 Å². The second-order valence-electron chi connectivity index (χ2n) is 5.88. The highest BCUT2D eigenvalue weighted by Gasteiger charge is 2.09. The molecule has 3 rings (SSSR count). The lowest BCUT2D eigenvalue weighted by atomic mass is 10.1. The summed E-state index contributed by atoms with van der Waals surface area (Å²) >= 11 is 0. The van der Waals surface area contributed by atoms with Crippen LogP contribution < -0.4 is 15.6 Å². The van der Waals surface area contributed by atoms with Gasteiger partial charge in [-0.1, -0.05) is 55.0 Å². The lowest BCUT2D eigenvalue weighted by Gasteiger charge is -2.13. The molecule has 6 heteroatoms. The van der Waals surface area contributed by atoms with Gasteiger partial charge in [-0.15, -0.1) is 0 Å². The molecular formula is C20H21FN4O. The molecule has 0 atom stereocenters. The summed E-state index contributed by atoms with van der Waals surface area (Å²) in [6, 6.07) is 15.9. The summed E-state index contributed by atoms with van der Waals surface area (Å²) in [4.78, 5) is 7.98. The van der Waals surface area contributed by atoms with Crippen molar-refractivity contribution in [2.24, 2.45) is 0 Å². The minimum atomic E-state index is -0.561. The second-order valence-corrected chi connectivity index (χ2v) is 5.88. The summed E-state index contributed by atoms with van der Waals surface area (Å²) in [6.45, 7) is 4.40. The summed E-state index contributed by atoms with van der Waals surface area (Å²) in [5.74, 6) is -0.529. The van der Waals surface area contributed by atoms with Crippen molar-refractivity contribution in [2.75, 3.05) is 10.9 Å². The molecule has 0 saturated carbocycles. The quantitative estimate of drug-likeness (QED) is 0.613. The molecule has 0 bridgehead atoms. The Morgan fingerprint density at radius 2 is 1.81 bits per heavy atom. The van der Waals surface area contributed by atoms with Crippen LogP contribution in [0.1, 0.15) is 23.6 Å². The van der Waals surface area contributed by atoms with Gasteiger partial charge in [0.05, 0.1) is 11.9 Å². The van der Waals surface area contributed by atoms with Crippen molar-refractivity contribution in [3.05, 3.63) is 77.2 Å². The maximum atomic E-state index is 14.0. The number of aromatic nitrogens is 2. The first-order valence-electron chi connectivity index (χ1n) is 8.46. The Balaban J connectivity index is 1.66. The lowest BCUT2D eigenvalue weighted by molar-refractivity contribution is 0.280. The van der Waals surface area contributed by atoms with Crippen LogP contribution in [0.15, 0.2) is 54.7 Å². The molecule has 0 aliphatic heterocycles. The zero-order valence-electron chi connectivity index (χ0n) is 14.8. The third kappa shape index (κ3) is 4.47. The zero-order chi connectivity index (χ0) is 18.4. The van der Waals surface area contributed by atoms with E-state index in [1.165, 1.54) is 5.56 Å². The second kappa shape index (κ2) is 8.29. The van der Waals surface area contributed by atoms with E-state index >= 15 is 0 Å². The lowest BCUT2D eigenvalue weighted by Crippen LogP contribution is -2.14. The van der Waals surface area contributed by atoms with E-state index in [1.807, 2.05) is 55.5 Å². The summed E-state index contributed by atoms with van der Waals surface area (Å²) in [5, 5.41) is 0. The molecule has 2 N–H and O–H groups in total. The smallest absolute Gasteiger partial charge is 0.318 e. The first kappa shape index (κ1) is 17.7. The molecule has 0 aliphatic carbocycles. The van der Waals surface area contributed by atoms with Gasteiger partial charge in [0.15, 0.2) is 11.6 Å². The number of halogens is 1. The van der Waals surface area contributed by atoms with Crippen molar-refractivity contribution in [1.82, 2.24) is 9.97 Å². The number of nitrogens with one attached hydrogen (secondary N) is 2. The highest BCUT2D eigenvalue weighted by atomic mass is 19.1. The fourth-order valence-corrected chi connectivity index (χ4v) is 2.42. The SMILES string of the molecule is CCc1ccccc1NNc1nc(OCc2ccc(C)cc2)ncc1F. The maximum absolute atomic E-state index is 14.0. The number of nitrogens with zero attached hydrogens (tertiary/aromatic N) is 2. The molecule has 0 unspecified atom stereocenters. The molecule has 0 aliphatic rings. The molecule has 0 spiro atoms. The number of hydrogen-bond acceptors (Lipinski definition) is 5. The largest absolute Gasteiger partial charge is 0.459 e. The van der Waals surface area contributed by atoms with Gasteiger partial charge in [-0.25, -0.2) is 9.37 Å². The fraction of sp³-hybridized carbons (Fsp3) is 0.200. The Kier molecular flexibility index (Phi) is 5.63. The van der Waals surface area contributed by atoms with Crippen molar-refractivity contribution in [3.8, 4) is 6.01 Å². The Morgan fingerprint density at radius 3 is 2.58 bits per heavy atom. The molecule has 134 valence electrons. The van der Waals surface area contributed by atoms with Gasteiger partial charge in [0, 0.05) is 0 Å². The first-order chi connectivity index (χ1) is 12.7. The molecule has 0 saturated heterocycles. The van der Waals surface area contributed by atoms with E-state index < -0.39 is 5.82 Å². The van der Waals surface area contributed by atoms with Gasteiger partial charge >= 0.3 is 6.01 Å². The van der Waals surface area contributed by atoms with Crippen LogP contribution in [0.2, 0.25) is 0 Å². The Labute approximate surface area is 152 Å². The predicted octanol–water partition coefficient (Wildman–Crippen LogP) is 4.50. The molecule has 1 aromatic heterocycles. The van der Waals surface area contributed by atoms with Crippen LogP contribution in [0, 0.1) is 12.7 Å². The monoisotopic (exact) mass is 352 g/mol. The average molecular weight is 352 g/mol. The summed E-state index contributed by atoms with van der Waals surface area (Å²) in [6.07, 6.45) is 1.95. The molecule has 2 aromatic carbocycles. The summed E-state index contributed by atoms with van der Waals surface area (Å²) in [7, 11) is 0. The number of hydrogen-bond donors (Lipinski definition) is 2. The van der Waals surface area contributed by atoms with Gasteiger partial charge in [-0.3, -0.25) is 10.9 Å². The normalized spacial score (nSPS) is 10.4. The van der Waals surface area contributed by atoms with E-state index in [1.54, 1.807) is 0 Å². The number of hydrazine groups is 1. The molecule has 5 nitrogen and oxygen atoms in total. The van der Waals surface area contributed by atoms with E-state index in [0.717, 1.165) is 29.4 Å². The molecule has 26 heavy (non-hydrogen) atoms. The zero-order valence-corrected chi connectivity index (χ0v) is 14.8. The van der Waals surface area contributed by atoms with Crippen LogP contribution in [0.4, 0.5) is 15.9 Å². The summed E-state index contributed by atoms with van der Waals surface area (Å²) in [5.41, 5.74) is 9.94. The van der Waals surface area contributed by atoms with Gasteiger partial charge in [0.1, 0.15) is 6.61 Å². The predicted molar refractivity (Wildman–Crippen MR) is 101 cm³/mol. The first-order valence-corrected chi connectivity index (χ1v) is 8.46. The van der Waals surface area contributed by atoms with E-state index in [0.29, 0.717) is 6.61 Å². The molecule has 3 aromatic rings. The van der Waals surface area contributed by atoms with Gasteiger partial charge in [0.2, 0.25) is 0 Å². The van der Waals surface area contributed by atoms with Gasteiger partial charge in [-0.05, 0) is 30.5 Å². The van der Waals surface area contributed by atoms with Crippen LogP contribution >= 0.6 is 0 Å². The highest BCUT2D eigenvalue weighted by Crippen LogP contribution is 2.18. The van der Waals surface area contributed by atoms with Crippen LogP contribution in [0.25, 0.3) is 0 Å². The number of para-hydroxylation sites is 1. The van der Waals surface area contributed by atoms with E-state index in [2.05, 4.69) is 27.7 Å². The van der Waals surface area contributed by atoms with E-state index in [9.17, 15) is 4.39 Å². The minimum Gasteiger partial charge on any atom is -0.459 e. The molecular weight excluding hydrogens is 331 g/mol. The van der Waals surface area contributed by atoms with Crippen LogP contribution in [-0.2, 0) is 13.0 Å². The number of aryl methyl sites for hydroxylation is 2. The van der Waals surface area contributed by atoms with Crippen molar-refractivity contribution in [1.29, 1.82) is 0 Å². The molecule has 1 heterocycles. The summed E-state index contributed by atoms with van der Waals surface area (Å²) < 4.78 is 19.5. The number of benzene rings is 2. The number of ether oxygens (including phenoxy) is 1. The average Bonchev–Trinajstić information content (AvgIpc) is 2.67. The molecule has 0 amide bonds. The maximum Gasteiger partial charge on any atom is 0.318 e. The van der Waals surface area contributed by atoms with E-state index in [4.69, 9.17) is 4.74 Å². The number of rotatable bonds is 7. The van der Waals surface area contributed by atoms with Crippen LogP contribution in [0.5, 0.6) is 6.01 Å². The van der Waals surface area contributed by atoms with Gasteiger partial charge < -0.3 is 4.74 Å². The van der Waals surface area contributed by atoms with Crippen molar-refractivity contribution in [2.45, 2.75) is 26.9 Å². The van der Waals surface area contributed by atoms with Gasteiger partial charge in [0.25, 0.3) is 0 Å². The molecule has 0 fully saturated rings. The van der Waals surface area contributed by atoms with Gasteiger partial charge in [-0.2, -0.15) is 4.98 Å². The number of anilines is 2. The van der Waals surface area contributed by atoms with E-state index in [-0.39, 0.29) is 11.8 Å². The minimum absolute atomic E-state index is 0.0322. The van der Waals surface area contributed by atoms with Crippen molar-refractivity contribution >= 4 is 11.5 Å². The van der Waals surface area contributed by atoms with Crippen LogP contribution in [0.3, 0.4) is 0 Å². The Morgan fingerprint density at radius 1 is 1.04 bits per heavy atom.